The Morgan fingerprint density at radius 2 is 1.88 bits per heavy atom. The van der Waals surface area contributed by atoms with E-state index < -0.39 is 0 Å². The van der Waals surface area contributed by atoms with Gasteiger partial charge in [0.1, 0.15) is 17.4 Å². The van der Waals surface area contributed by atoms with E-state index in [0.29, 0.717) is 25.3 Å². The minimum atomic E-state index is -0.388. The van der Waals surface area contributed by atoms with Crippen molar-refractivity contribution in [1.82, 2.24) is 14.8 Å². The quantitative estimate of drug-likeness (QED) is 0.883. The molecule has 0 atom stereocenters. The zero-order chi connectivity index (χ0) is 17.6. The Morgan fingerprint density at radius 3 is 2.56 bits per heavy atom. The molecule has 0 aliphatic carbocycles. The first-order valence-electron chi connectivity index (χ1n) is 8.21. The third kappa shape index (κ3) is 4.61. The van der Waals surface area contributed by atoms with E-state index in [0.717, 1.165) is 25.4 Å². The van der Waals surface area contributed by atoms with E-state index in [-0.39, 0.29) is 16.5 Å². The molecular weight excluding hydrogens is 342 g/mol. The van der Waals surface area contributed by atoms with Crippen molar-refractivity contribution in [2.24, 2.45) is 0 Å². The maximum atomic E-state index is 12.5. The monoisotopic (exact) mass is 361 g/mol. The van der Waals surface area contributed by atoms with Crippen molar-refractivity contribution in [1.29, 1.82) is 0 Å². The van der Waals surface area contributed by atoms with Gasteiger partial charge in [0, 0.05) is 38.9 Å². The number of para-hydroxylation sites is 1. The predicted molar refractivity (Wildman–Crippen MR) is 96.4 cm³/mol. The van der Waals surface area contributed by atoms with Crippen LogP contribution in [0.3, 0.4) is 0 Å². The number of carbonyl (C=O) groups excluding carboxylic acids is 1. The summed E-state index contributed by atoms with van der Waals surface area (Å²) in [4.78, 5) is 30.3. The van der Waals surface area contributed by atoms with Gasteiger partial charge in [0.2, 0.25) is 0 Å². The Bertz CT molecular complexity index is 771. The molecule has 0 radical (unpaired) electrons. The number of hydrogen-bond acceptors (Lipinski definition) is 4. The van der Waals surface area contributed by atoms with Crippen molar-refractivity contribution >= 4 is 17.5 Å². The normalized spacial score (nSPS) is 15.2. The van der Waals surface area contributed by atoms with Gasteiger partial charge in [-0.1, -0.05) is 29.8 Å². The number of carbonyl (C=O) groups is 1. The van der Waals surface area contributed by atoms with Crippen molar-refractivity contribution in [3.63, 3.8) is 0 Å². The van der Waals surface area contributed by atoms with Crippen LogP contribution in [0.25, 0.3) is 0 Å². The van der Waals surface area contributed by atoms with Crippen LogP contribution in [-0.2, 0) is 0 Å². The maximum absolute atomic E-state index is 12.5. The lowest BCUT2D eigenvalue weighted by Gasteiger charge is -2.34. The second kappa shape index (κ2) is 8.18. The van der Waals surface area contributed by atoms with Gasteiger partial charge in [0.15, 0.2) is 0 Å². The van der Waals surface area contributed by atoms with E-state index in [9.17, 15) is 9.59 Å². The number of pyridine rings is 1. The molecule has 1 aromatic carbocycles. The van der Waals surface area contributed by atoms with Gasteiger partial charge in [-0.25, -0.2) is 0 Å². The highest BCUT2D eigenvalue weighted by Gasteiger charge is 2.22. The molecule has 2 heterocycles. The SMILES string of the molecule is O=C(c1c[nH]c(=O)c(Cl)c1)N1CCN(CCOc2ccccc2)CC1. The van der Waals surface area contributed by atoms with Crippen molar-refractivity contribution in [2.75, 3.05) is 39.3 Å². The van der Waals surface area contributed by atoms with Crippen LogP contribution in [0.5, 0.6) is 5.75 Å². The third-order valence-corrected chi connectivity index (χ3v) is 4.46. The Balaban J connectivity index is 1.45. The summed E-state index contributed by atoms with van der Waals surface area (Å²) in [5.74, 6) is 0.754. The van der Waals surface area contributed by atoms with E-state index >= 15 is 0 Å². The largest absolute Gasteiger partial charge is 0.492 e. The first kappa shape index (κ1) is 17.5. The molecule has 1 amide bonds. The highest BCUT2D eigenvalue weighted by molar-refractivity contribution is 6.30. The summed E-state index contributed by atoms with van der Waals surface area (Å²) >= 11 is 5.79. The fourth-order valence-corrected chi connectivity index (χ4v) is 2.92. The lowest BCUT2D eigenvalue weighted by Crippen LogP contribution is -2.49. The molecule has 1 saturated heterocycles. The number of rotatable bonds is 5. The van der Waals surface area contributed by atoms with Crippen LogP contribution in [0.1, 0.15) is 10.4 Å². The number of benzene rings is 1. The highest BCUT2D eigenvalue weighted by Crippen LogP contribution is 2.11. The van der Waals surface area contributed by atoms with Gasteiger partial charge in [-0.3, -0.25) is 14.5 Å². The summed E-state index contributed by atoms with van der Waals surface area (Å²) in [6.45, 7) is 4.30. The average molecular weight is 362 g/mol. The summed E-state index contributed by atoms with van der Waals surface area (Å²) < 4.78 is 5.71. The summed E-state index contributed by atoms with van der Waals surface area (Å²) in [5.41, 5.74) is 0.0203. The number of aromatic nitrogens is 1. The van der Waals surface area contributed by atoms with Gasteiger partial charge < -0.3 is 14.6 Å². The number of amides is 1. The molecule has 1 N–H and O–H groups in total. The maximum Gasteiger partial charge on any atom is 0.266 e. The molecule has 132 valence electrons. The van der Waals surface area contributed by atoms with E-state index in [1.807, 2.05) is 30.3 Å². The first-order valence-corrected chi connectivity index (χ1v) is 8.59. The molecule has 0 bridgehead atoms. The Morgan fingerprint density at radius 1 is 1.16 bits per heavy atom. The fraction of sp³-hybridized carbons (Fsp3) is 0.333. The molecule has 1 aromatic heterocycles. The molecule has 25 heavy (non-hydrogen) atoms. The molecule has 3 rings (SSSR count). The van der Waals surface area contributed by atoms with Crippen molar-refractivity contribution in [3.05, 3.63) is 63.5 Å². The van der Waals surface area contributed by atoms with E-state index in [1.165, 1.54) is 12.3 Å². The fourth-order valence-electron chi connectivity index (χ4n) is 2.75. The predicted octanol–water partition coefficient (Wildman–Crippen LogP) is 1.87. The zero-order valence-electron chi connectivity index (χ0n) is 13.8. The molecule has 1 aliphatic heterocycles. The van der Waals surface area contributed by atoms with Gasteiger partial charge in [-0.05, 0) is 18.2 Å². The lowest BCUT2D eigenvalue weighted by molar-refractivity contribution is 0.0620. The summed E-state index contributed by atoms with van der Waals surface area (Å²) in [6, 6.07) is 11.1. The number of piperazine rings is 1. The number of hydrogen-bond donors (Lipinski definition) is 1. The first-order chi connectivity index (χ1) is 12.1. The van der Waals surface area contributed by atoms with Crippen molar-refractivity contribution in [2.45, 2.75) is 0 Å². The third-order valence-electron chi connectivity index (χ3n) is 4.18. The Kier molecular flexibility index (Phi) is 5.73. The standard InChI is InChI=1S/C18H20ClN3O3/c19-16-12-14(13-20-17(16)23)18(24)22-8-6-21(7-9-22)10-11-25-15-4-2-1-3-5-15/h1-5,12-13H,6-11H2,(H,20,23). The highest BCUT2D eigenvalue weighted by atomic mass is 35.5. The van der Waals surface area contributed by atoms with E-state index in [1.54, 1.807) is 4.90 Å². The Labute approximate surface area is 151 Å². The van der Waals surface area contributed by atoms with Gasteiger partial charge >= 0.3 is 0 Å². The van der Waals surface area contributed by atoms with Crippen LogP contribution < -0.4 is 10.3 Å². The van der Waals surface area contributed by atoms with Crippen LogP contribution >= 0.6 is 11.6 Å². The van der Waals surface area contributed by atoms with E-state index in [4.69, 9.17) is 16.3 Å². The molecule has 2 aromatic rings. The van der Waals surface area contributed by atoms with Gasteiger partial charge in [0.25, 0.3) is 11.5 Å². The molecule has 0 spiro atoms. The topological polar surface area (TPSA) is 65.6 Å². The minimum Gasteiger partial charge on any atom is -0.492 e. The van der Waals surface area contributed by atoms with Crippen molar-refractivity contribution < 1.29 is 9.53 Å². The van der Waals surface area contributed by atoms with Gasteiger partial charge in [-0.2, -0.15) is 0 Å². The summed E-state index contributed by atoms with van der Waals surface area (Å²) in [6.07, 6.45) is 1.41. The molecule has 0 unspecified atom stereocenters. The molecule has 0 saturated carbocycles. The lowest BCUT2D eigenvalue weighted by atomic mass is 10.2. The molecule has 1 aliphatic rings. The Hall–Kier alpha value is -2.31. The second-order valence-electron chi connectivity index (χ2n) is 5.86. The van der Waals surface area contributed by atoms with Crippen molar-refractivity contribution in [3.8, 4) is 5.75 Å². The molecular formula is C18H20ClN3O3. The number of H-pyrrole nitrogens is 1. The number of nitrogens with zero attached hydrogens (tertiary/aromatic N) is 2. The molecule has 7 heteroatoms. The van der Waals surface area contributed by atoms with Crippen LogP contribution in [0.15, 0.2) is 47.4 Å². The number of halogens is 1. The van der Waals surface area contributed by atoms with Gasteiger partial charge in [0.05, 0.1) is 5.56 Å². The number of ether oxygens (including phenoxy) is 1. The van der Waals surface area contributed by atoms with Crippen LogP contribution in [0.4, 0.5) is 0 Å². The summed E-state index contributed by atoms with van der Waals surface area (Å²) in [7, 11) is 0. The zero-order valence-corrected chi connectivity index (χ0v) is 14.5. The van der Waals surface area contributed by atoms with Crippen LogP contribution in [-0.4, -0.2) is 60.0 Å². The summed E-state index contributed by atoms with van der Waals surface area (Å²) in [5, 5.41) is 0.0301. The second-order valence-corrected chi connectivity index (χ2v) is 6.27. The van der Waals surface area contributed by atoms with Gasteiger partial charge in [-0.15, -0.1) is 0 Å². The minimum absolute atomic E-state index is 0.0301. The van der Waals surface area contributed by atoms with Crippen LogP contribution in [0, 0.1) is 0 Å². The smallest absolute Gasteiger partial charge is 0.266 e. The number of aromatic amines is 1. The molecule has 6 nitrogen and oxygen atoms in total. The average Bonchev–Trinajstić information content (AvgIpc) is 2.65. The van der Waals surface area contributed by atoms with E-state index in [2.05, 4.69) is 9.88 Å². The van der Waals surface area contributed by atoms with Crippen LogP contribution in [0.2, 0.25) is 5.02 Å². The number of nitrogens with one attached hydrogen (secondary N) is 1. The molecule has 1 fully saturated rings.